The van der Waals surface area contributed by atoms with E-state index < -0.39 is 6.10 Å². The van der Waals surface area contributed by atoms with E-state index in [0.717, 1.165) is 10.9 Å². The Morgan fingerprint density at radius 3 is 2.71 bits per heavy atom. The van der Waals surface area contributed by atoms with Gasteiger partial charge in [-0.2, -0.15) is 0 Å². The molecule has 0 saturated carbocycles. The maximum Gasteiger partial charge on any atom is 0.145 e. The van der Waals surface area contributed by atoms with Crippen molar-refractivity contribution in [3.8, 4) is 5.75 Å². The molecule has 0 radical (unpaired) electrons. The molecule has 1 heterocycles. The van der Waals surface area contributed by atoms with Crippen LogP contribution in [0, 0.1) is 0 Å². The Hall–Kier alpha value is -2.59. The SMILES string of the molecule is Nc1ccccc1C(O)COc1cccc2cccnc12. The van der Waals surface area contributed by atoms with Gasteiger partial charge in [-0.1, -0.05) is 36.4 Å². The zero-order chi connectivity index (χ0) is 14.7. The first-order chi connectivity index (χ1) is 10.3. The van der Waals surface area contributed by atoms with Crippen molar-refractivity contribution >= 4 is 16.6 Å². The van der Waals surface area contributed by atoms with Gasteiger partial charge in [-0.3, -0.25) is 4.98 Å². The normalized spacial score (nSPS) is 12.2. The molecule has 0 bridgehead atoms. The van der Waals surface area contributed by atoms with Crippen molar-refractivity contribution in [1.29, 1.82) is 0 Å². The van der Waals surface area contributed by atoms with Crippen LogP contribution < -0.4 is 10.5 Å². The topological polar surface area (TPSA) is 68.4 Å². The summed E-state index contributed by atoms with van der Waals surface area (Å²) in [6.07, 6.45) is 0.950. The average molecular weight is 280 g/mol. The van der Waals surface area contributed by atoms with Crippen LogP contribution in [0.2, 0.25) is 0 Å². The van der Waals surface area contributed by atoms with Gasteiger partial charge in [-0.15, -0.1) is 0 Å². The quantitative estimate of drug-likeness (QED) is 0.721. The third-order valence-electron chi connectivity index (χ3n) is 3.35. The lowest BCUT2D eigenvalue weighted by Gasteiger charge is -2.15. The van der Waals surface area contributed by atoms with Crippen LogP contribution in [0.15, 0.2) is 60.8 Å². The van der Waals surface area contributed by atoms with E-state index in [1.165, 1.54) is 0 Å². The number of nitrogens with zero attached hydrogens (tertiary/aromatic N) is 1. The summed E-state index contributed by atoms with van der Waals surface area (Å²) in [5.74, 6) is 0.654. The number of aromatic nitrogens is 1. The van der Waals surface area contributed by atoms with Gasteiger partial charge >= 0.3 is 0 Å². The van der Waals surface area contributed by atoms with Gasteiger partial charge in [0.15, 0.2) is 0 Å². The minimum absolute atomic E-state index is 0.129. The molecule has 3 rings (SSSR count). The predicted molar refractivity (Wildman–Crippen MR) is 83.1 cm³/mol. The molecular weight excluding hydrogens is 264 g/mol. The molecular formula is C17H16N2O2. The molecule has 4 heteroatoms. The van der Waals surface area contributed by atoms with Crippen molar-refractivity contribution in [2.75, 3.05) is 12.3 Å². The second kappa shape index (κ2) is 5.81. The van der Waals surface area contributed by atoms with E-state index in [4.69, 9.17) is 10.5 Å². The number of fused-ring (bicyclic) bond motifs is 1. The summed E-state index contributed by atoms with van der Waals surface area (Å²) in [4.78, 5) is 4.32. The van der Waals surface area contributed by atoms with Crippen LogP contribution >= 0.6 is 0 Å². The Labute approximate surface area is 122 Å². The van der Waals surface area contributed by atoms with Crippen LogP contribution in [0.25, 0.3) is 10.9 Å². The zero-order valence-electron chi connectivity index (χ0n) is 11.4. The van der Waals surface area contributed by atoms with Crippen molar-refractivity contribution in [1.82, 2.24) is 4.98 Å². The number of nitrogen functional groups attached to an aromatic ring is 1. The molecule has 21 heavy (non-hydrogen) atoms. The first-order valence-corrected chi connectivity index (χ1v) is 6.75. The van der Waals surface area contributed by atoms with Gasteiger partial charge in [-0.05, 0) is 18.2 Å². The Balaban J connectivity index is 1.79. The van der Waals surface area contributed by atoms with Gasteiger partial charge in [0.2, 0.25) is 0 Å². The molecule has 106 valence electrons. The van der Waals surface area contributed by atoms with E-state index in [9.17, 15) is 5.11 Å². The van der Waals surface area contributed by atoms with E-state index in [1.807, 2.05) is 42.5 Å². The van der Waals surface area contributed by atoms with Crippen molar-refractivity contribution in [3.63, 3.8) is 0 Å². The number of para-hydroxylation sites is 2. The lowest BCUT2D eigenvalue weighted by Crippen LogP contribution is -2.11. The molecule has 2 aromatic carbocycles. The van der Waals surface area contributed by atoms with Gasteiger partial charge in [0.05, 0.1) is 0 Å². The average Bonchev–Trinajstić information content (AvgIpc) is 2.53. The van der Waals surface area contributed by atoms with Gasteiger partial charge in [0.1, 0.15) is 24.0 Å². The maximum atomic E-state index is 10.2. The number of benzene rings is 2. The lowest BCUT2D eigenvalue weighted by molar-refractivity contribution is 0.109. The van der Waals surface area contributed by atoms with Crippen LogP contribution in [-0.2, 0) is 0 Å². The summed E-state index contributed by atoms with van der Waals surface area (Å²) in [5, 5.41) is 11.2. The second-order valence-corrected chi connectivity index (χ2v) is 4.79. The van der Waals surface area contributed by atoms with Gasteiger partial charge in [-0.25, -0.2) is 0 Å². The molecule has 3 N–H and O–H groups in total. The summed E-state index contributed by atoms with van der Waals surface area (Å²) in [6, 6.07) is 16.8. The first-order valence-electron chi connectivity index (χ1n) is 6.75. The van der Waals surface area contributed by atoms with Crippen LogP contribution in [0.1, 0.15) is 11.7 Å². The molecule has 1 aromatic heterocycles. The summed E-state index contributed by atoms with van der Waals surface area (Å²) < 4.78 is 5.72. The molecule has 4 nitrogen and oxygen atoms in total. The van der Waals surface area contributed by atoms with E-state index in [1.54, 1.807) is 18.3 Å². The van der Waals surface area contributed by atoms with Crippen molar-refractivity contribution < 1.29 is 9.84 Å². The highest BCUT2D eigenvalue weighted by molar-refractivity contribution is 5.84. The summed E-state index contributed by atoms with van der Waals surface area (Å²) in [5.41, 5.74) is 7.87. The van der Waals surface area contributed by atoms with Crippen LogP contribution in [0.4, 0.5) is 5.69 Å². The van der Waals surface area contributed by atoms with Crippen molar-refractivity contribution in [2.24, 2.45) is 0 Å². The molecule has 0 aliphatic carbocycles. The number of nitrogens with two attached hydrogens (primary N) is 1. The smallest absolute Gasteiger partial charge is 0.145 e. The first kappa shape index (κ1) is 13.4. The molecule has 3 aromatic rings. The molecule has 0 spiro atoms. The summed E-state index contributed by atoms with van der Waals surface area (Å²) in [6.45, 7) is 0.129. The van der Waals surface area contributed by atoms with Gasteiger partial charge < -0.3 is 15.6 Å². The third kappa shape index (κ3) is 2.80. The number of hydrogen-bond acceptors (Lipinski definition) is 4. The molecule has 0 amide bonds. The van der Waals surface area contributed by atoms with Crippen LogP contribution in [-0.4, -0.2) is 16.7 Å². The Bertz CT molecular complexity index is 753. The van der Waals surface area contributed by atoms with Crippen molar-refractivity contribution in [2.45, 2.75) is 6.10 Å². The fraction of sp³-hybridized carbons (Fsp3) is 0.118. The largest absolute Gasteiger partial charge is 0.488 e. The number of ether oxygens (including phenoxy) is 1. The molecule has 1 unspecified atom stereocenters. The predicted octanol–water partition coefficient (Wildman–Crippen LogP) is 2.93. The molecule has 0 saturated heterocycles. The number of aliphatic hydroxyl groups excluding tert-OH is 1. The monoisotopic (exact) mass is 280 g/mol. The van der Waals surface area contributed by atoms with Crippen molar-refractivity contribution in [3.05, 3.63) is 66.4 Å². The van der Waals surface area contributed by atoms with E-state index in [-0.39, 0.29) is 6.61 Å². The lowest BCUT2D eigenvalue weighted by atomic mass is 10.1. The Morgan fingerprint density at radius 2 is 1.86 bits per heavy atom. The summed E-state index contributed by atoms with van der Waals surface area (Å²) in [7, 11) is 0. The highest BCUT2D eigenvalue weighted by Crippen LogP contribution is 2.25. The molecule has 0 fully saturated rings. The Kier molecular flexibility index (Phi) is 3.71. The number of aliphatic hydroxyl groups is 1. The third-order valence-corrected chi connectivity index (χ3v) is 3.35. The number of anilines is 1. The minimum atomic E-state index is -0.773. The van der Waals surface area contributed by atoms with Crippen LogP contribution in [0.3, 0.4) is 0 Å². The zero-order valence-corrected chi connectivity index (χ0v) is 11.4. The van der Waals surface area contributed by atoms with Gasteiger partial charge in [0, 0.05) is 22.8 Å². The number of hydrogen-bond donors (Lipinski definition) is 2. The second-order valence-electron chi connectivity index (χ2n) is 4.79. The van der Waals surface area contributed by atoms with E-state index in [2.05, 4.69) is 4.98 Å². The van der Waals surface area contributed by atoms with Crippen LogP contribution in [0.5, 0.6) is 5.75 Å². The number of rotatable bonds is 4. The molecule has 1 atom stereocenters. The fourth-order valence-corrected chi connectivity index (χ4v) is 2.27. The van der Waals surface area contributed by atoms with E-state index >= 15 is 0 Å². The maximum absolute atomic E-state index is 10.2. The minimum Gasteiger partial charge on any atom is -0.488 e. The fourth-order valence-electron chi connectivity index (χ4n) is 2.27. The number of pyridine rings is 1. The highest BCUT2D eigenvalue weighted by atomic mass is 16.5. The van der Waals surface area contributed by atoms with Gasteiger partial charge in [0.25, 0.3) is 0 Å². The standard InChI is InChI=1S/C17H16N2O2/c18-14-8-2-1-7-13(14)15(20)11-21-16-9-3-5-12-6-4-10-19-17(12)16/h1-10,15,20H,11,18H2. The molecule has 0 aliphatic rings. The molecule has 0 aliphatic heterocycles. The van der Waals surface area contributed by atoms with E-state index in [0.29, 0.717) is 17.0 Å². The Morgan fingerprint density at radius 1 is 1.05 bits per heavy atom. The highest BCUT2D eigenvalue weighted by Gasteiger charge is 2.12. The summed E-state index contributed by atoms with van der Waals surface area (Å²) >= 11 is 0.